The molecule has 2 N–H and O–H groups in total. The molecule has 1 saturated heterocycles. The number of hydrogen-bond acceptors (Lipinski definition) is 4. The van der Waals surface area contributed by atoms with Gasteiger partial charge in [-0.15, -0.1) is 4.99 Å². The molecule has 0 radical (unpaired) electrons. The van der Waals surface area contributed by atoms with Crippen LogP contribution in [0.5, 0.6) is 0 Å². The molecule has 0 aliphatic carbocycles. The molecule has 32 heavy (non-hydrogen) atoms. The van der Waals surface area contributed by atoms with Crippen LogP contribution < -0.4 is 10.6 Å². The molecule has 1 unspecified atom stereocenters. The fourth-order valence-corrected chi connectivity index (χ4v) is 3.67. The second-order valence-electron chi connectivity index (χ2n) is 7.73. The number of aliphatic imine (C=N–C) groups is 1. The second-order valence-corrected chi connectivity index (χ2v) is 8.17. The van der Waals surface area contributed by atoms with E-state index >= 15 is 0 Å². The molecule has 8 nitrogen and oxygen atoms in total. The molecule has 1 fully saturated rings. The number of benzene rings is 1. The average molecular weight is 458 g/mol. The van der Waals surface area contributed by atoms with Crippen LogP contribution in [0.25, 0.3) is 0 Å². The molecule has 1 aromatic heterocycles. The molecule has 0 spiro atoms. The molecule has 1 atom stereocenters. The highest BCUT2D eigenvalue weighted by molar-refractivity contribution is 6.30. The van der Waals surface area contributed by atoms with Crippen molar-refractivity contribution < 1.29 is 9.18 Å². The smallest absolute Gasteiger partial charge is 0.321 e. The predicted octanol–water partition coefficient (Wildman–Crippen LogP) is 3.68. The predicted molar refractivity (Wildman–Crippen MR) is 121 cm³/mol. The van der Waals surface area contributed by atoms with Gasteiger partial charge in [0.1, 0.15) is 0 Å². The largest absolute Gasteiger partial charge is 0.351 e. The summed E-state index contributed by atoms with van der Waals surface area (Å²) in [6.07, 6.45) is 3.20. The summed E-state index contributed by atoms with van der Waals surface area (Å²) in [5, 5.41) is 15.7. The number of nitrogens with zero attached hydrogens (tertiary/aromatic N) is 5. The third-order valence-electron chi connectivity index (χ3n) is 5.27. The van der Waals surface area contributed by atoms with Crippen LogP contribution in [-0.2, 0) is 6.54 Å². The van der Waals surface area contributed by atoms with E-state index in [9.17, 15) is 14.4 Å². The fourth-order valence-electron chi connectivity index (χ4n) is 3.54. The molecule has 2 heterocycles. The number of hydrogen-bond donors (Lipinski definition) is 2. The zero-order chi connectivity index (χ0) is 23.1. The summed E-state index contributed by atoms with van der Waals surface area (Å²) in [5.41, 5.74) is 1.04. The lowest BCUT2D eigenvalue weighted by Crippen LogP contribution is -2.61. The van der Waals surface area contributed by atoms with Crippen LogP contribution in [0, 0.1) is 23.3 Å². The third-order valence-corrected chi connectivity index (χ3v) is 5.52. The van der Waals surface area contributed by atoms with Crippen molar-refractivity contribution in [2.45, 2.75) is 26.4 Å². The maximum Gasteiger partial charge on any atom is 0.321 e. The summed E-state index contributed by atoms with van der Waals surface area (Å²) in [6, 6.07) is 9.90. The summed E-state index contributed by atoms with van der Waals surface area (Å²) in [5.74, 6) is -0.0467. The molecule has 10 heteroatoms. The van der Waals surface area contributed by atoms with Crippen LogP contribution >= 0.6 is 11.6 Å². The number of piperazine rings is 1. The Morgan fingerprint density at radius 2 is 2.09 bits per heavy atom. The minimum absolute atomic E-state index is 0.0851. The molecule has 0 bridgehead atoms. The zero-order valence-corrected chi connectivity index (χ0v) is 18.7. The van der Waals surface area contributed by atoms with Gasteiger partial charge in [0.2, 0.25) is 18.1 Å². The summed E-state index contributed by atoms with van der Waals surface area (Å²) in [7, 11) is 0. The quantitative estimate of drug-likeness (QED) is 0.316. The van der Waals surface area contributed by atoms with Gasteiger partial charge in [-0.1, -0.05) is 31.5 Å². The molecule has 2 amide bonds. The lowest BCUT2D eigenvalue weighted by atomic mass is 10.00. The van der Waals surface area contributed by atoms with Gasteiger partial charge >= 0.3 is 6.03 Å². The van der Waals surface area contributed by atoms with Crippen LogP contribution in [0.4, 0.5) is 14.9 Å². The lowest BCUT2D eigenvalue weighted by Gasteiger charge is -2.44. The number of amides is 2. The molecule has 1 aliphatic heterocycles. The van der Waals surface area contributed by atoms with E-state index in [1.165, 1.54) is 6.20 Å². The van der Waals surface area contributed by atoms with Gasteiger partial charge in [-0.25, -0.2) is 9.78 Å². The van der Waals surface area contributed by atoms with Crippen molar-refractivity contribution in [3.05, 3.63) is 59.1 Å². The fraction of sp³-hybridized carbons (Fsp3) is 0.364. The van der Waals surface area contributed by atoms with Gasteiger partial charge in [0.25, 0.3) is 0 Å². The molecule has 1 aromatic carbocycles. The number of aromatic nitrogens is 1. The Labute approximate surface area is 191 Å². The van der Waals surface area contributed by atoms with Crippen molar-refractivity contribution >= 4 is 29.3 Å². The molecular formula is C22H25ClFN7O. The van der Waals surface area contributed by atoms with E-state index in [1.54, 1.807) is 41.3 Å². The summed E-state index contributed by atoms with van der Waals surface area (Å²) in [4.78, 5) is 24.1. The van der Waals surface area contributed by atoms with E-state index in [0.29, 0.717) is 41.9 Å². The first kappa shape index (κ1) is 23.3. The van der Waals surface area contributed by atoms with Crippen LogP contribution in [0.1, 0.15) is 19.4 Å². The van der Waals surface area contributed by atoms with Gasteiger partial charge in [-0.3, -0.25) is 0 Å². The maximum absolute atomic E-state index is 13.9. The van der Waals surface area contributed by atoms with E-state index in [2.05, 4.69) is 20.6 Å². The topological polar surface area (TPSA) is 96.7 Å². The first-order valence-electron chi connectivity index (χ1n) is 10.3. The zero-order valence-electron chi connectivity index (χ0n) is 17.9. The number of halogens is 2. The number of anilines is 1. The molecule has 1 aliphatic rings. The number of carbonyl (C=O) groups is 1. The number of nitrogens with one attached hydrogen (secondary N) is 2. The van der Waals surface area contributed by atoms with E-state index in [4.69, 9.17) is 11.6 Å². The average Bonchev–Trinajstić information content (AvgIpc) is 2.78. The van der Waals surface area contributed by atoms with Crippen LogP contribution in [-0.4, -0.2) is 52.5 Å². The minimum atomic E-state index is -0.569. The van der Waals surface area contributed by atoms with Crippen molar-refractivity contribution in [3.8, 4) is 6.19 Å². The Bertz CT molecular complexity index is 1010. The van der Waals surface area contributed by atoms with Gasteiger partial charge in [-0.05, 0) is 36.2 Å². The van der Waals surface area contributed by atoms with E-state index in [-0.39, 0.29) is 24.5 Å². The van der Waals surface area contributed by atoms with Crippen molar-refractivity contribution in [3.63, 3.8) is 0 Å². The second kappa shape index (κ2) is 10.8. The SMILES string of the molecule is CC(C)C1CN(C(=O)Nc2ccc(Cl)cc2)CCN1/C(=N\C#N)NCc1cccnc1F. The first-order chi connectivity index (χ1) is 15.4. The maximum atomic E-state index is 13.9. The highest BCUT2D eigenvalue weighted by atomic mass is 35.5. The highest BCUT2D eigenvalue weighted by Gasteiger charge is 2.33. The number of guanidine groups is 1. The Morgan fingerprint density at radius 1 is 1.34 bits per heavy atom. The number of urea groups is 1. The van der Waals surface area contributed by atoms with Gasteiger partial charge in [0.15, 0.2) is 0 Å². The van der Waals surface area contributed by atoms with Gasteiger partial charge < -0.3 is 20.4 Å². The Kier molecular flexibility index (Phi) is 7.84. The Morgan fingerprint density at radius 3 is 2.75 bits per heavy atom. The normalized spacial score (nSPS) is 16.6. The molecular weight excluding hydrogens is 433 g/mol. The van der Waals surface area contributed by atoms with Crippen molar-refractivity contribution in [1.29, 1.82) is 5.26 Å². The molecule has 3 rings (SSSR count). The van der Waals surface area contributed by atoms with Crippen molar-refractivity contribution in [2.24, 2.45) is 10.9 Å². The minimum Gasteiger partial charge on any atom is -0.351 e. The third kappa shape index (κ3) is 5.86. The Balaban J connectivity index is 1.69. The lowest BCUT2D eigenvalue weighted by molar-refractivity contribution is 0.117. The highest BCUT2D eigenvalue weighted by Crippen LogP contribution is 2.20. The van der Waals surface area contributed by atoms with Gasteiger partial charge in [-0.2, -0.15) is 9.65 Å². The molecule has 0 saturated carbocycles. The standard InChI is InChI=1S/C22H25ClFN7O/c1-15(2)19-13-30(22(32)29-18-7-5-17(23)6-8-18)10-11-31(19)21(28-14-25)27-12-16-4-3-9-26-20(16)24/h3-9,15,19H,10-13H2,1-2H3,(H,27,28)(H,29,32). The number of rotatable bonds is 4. The Hall–Kier alpha value is -3.38. The van der Waals surface area contributed by atoms with Gasteiger partial charge in [0.05, 0.1) is 6.04 Å². The summed E-state index contributed by atoms with van der Waals surface area (Å²) in [6.45, 7) is 5.59. The van der Waals surface area contributed by atoms with Crippen LogP contribution in [0.15, 0.2) is 47.6 Å². The first-order valence-corrected chi connectivity index (χ1v) is 10.6. The summed E-state index contributed by atoms with van der Waals surface area (Å²) >= 11 is 5.90. The van der Waals surface area contributed by atoms with Crippen molar-refractivity contribution in [1.82, 2.24) is 20.1 Å². The van der Waals surface area contributed by atoms with Crippen LogP contribution in [0.2, 0.25) is 5.02 Å². The number of nitriles is 1. The van der Waals surface area contributed by atoms with Gasteiger partial charge in [0, 0.05) is 48.6 Å². The van der Waals surface area contributed by atoms with E-state index in [0.717, 1.165) is 0 Å². The van der Waals surface area contributed by atoms with E-state index < -0.39 is 5.95 Å². The molecule has 2 aromatic rings. The molecule has 168 valence electrons. The number of pyridine rings is 1. The monoisotopic (exact) mass is 457 g/mol. The van der Waals surface area contributed by atoms with E-state index in [1.807, 2.05) is 24.9 Å². The number of carbonyl (C=O) groups excluding carboxylic acids is 1. The van der Waals surface area contributed by atoms with Crippen LogP contribution in [0.3, 0.4) is 0 Å². The summed E-state index contributed by atoms with van der Waals surface area (Å²) < 4.78 is 13.9. The van der Waals surface area contributed by atoms with Crippen molar-refractivity contribution in [2.75, 3.05) is 25.0 Å².